The summed E-state index contributed by atoms with van der Waals surface area (Å²) in [6.07, 6.45) is 2.50. The molecule has 1 rings (SSSR count). The highest BCUT2D eigenvalue weighted by Gasteiger charge is 2.05. The van der Waals surface area contributed by atoms with E-state index in [-0.39, 0.29) is 18.2 Å². The number of ether oxygens (including phenoxy) is 1. The number of hydrogen-bond acceptors (Lipinski definition) is 4. The van der Waals surface area contributed by atoms with E-state index >= 15 is 0 Å². The number of hydrogen-bond donors (Lipinski definition) is 1. The van der Waals surface area contributed by atoms with Gasteiger partial charge in [0.25, 0.3) is 0 Å². The lowest BCUT2D eigenvalue weighted by atomic mass is 10.1. The van der Waals surface area contributed by atoms with Gasteiger partial charge in [0.05, 0.1) is 12.9 Å². The largest absolute Gasteiger partial charge is 0.497 e. The third-order valence-corrected chi connectivity index (χ3v) is 3.34. The molecule has 0 aliphatic rings. The third-order valence-electron chi connectivity index (χ3n) is 2.31. The van der Waals surface area contributed by atoms with E-state index in [0.29, 0.717) is 24.3 Å². The molecule has 4 nitrogen and oxygen atoms in total. The van der Waals surface area contributed by atoms with Crippen LogP contribution in [0.2, 0.25) is 0 Å². The van der Waals surface area contributed by atoms with E-state index in [4.69, 9.17) is 10.5 Å². The molecule has 0 radical (unpaired) electrons. The Morgan fingerprint density at radius 1 is 1.35 bits per heavy atom. The first-order valence-corrected chi connectivity index (χ1v) is 7.08. The Morgan fingerprint density at radius 3 is 2.47 bits per heavy atom. The van der Waals surface area contributed by atoms with Gasteiger partial charge in [0.15, 0.2) is 0 Å². The molecule has 0 heterocycles. The Bertz CT molecular complexity index is 460. The van der Waals surface area contributed by atoms with Crippen molar-refractivity contribution in [2.75, 3.05) is 24.9 Å². The third kappa shape index (κ3) is 5.79. The molecule has 0 aromatic heterocycles. The molecule has 6 heteroatoms. The molecule has 1 aromatic rings. The van der Waals surface area contributed by atoms with Crippen LogP contribution in [-0.2, 0) is 16.3 Å². The van der Waals surface area contributed by atoms with Crippen LogP contribution in [-0.4, -0.2) is 27.5 Å². The molecule has 0 unspecified atom stereocenters. The lowest BCUT2D eigenvalue weighted by Gasteiger charge is -2.07. The SMILES string of the molecule is COc1ccc(CCCS(C)(=O)=O)c(N)c1.Cl. The van der Waals surface area contributed by atoms with E-state index in [9.17, 15) is 8.42 Å². The number of sulfone groups is 1. The number of halogens is 1. The van der Waals surface area contributed by atoms with Crippen molar-refractivity contribution in [3.63, 3.8) is 0 Å². The van der Waals surface area contributed by atoms with E-state index in [2.05, 4.69) is 0 Å². The fourth-order valence-corrected chi connectivity index (χ4v) is 2.12. The van der Waals surface area contributed by atoms with Gasteiger partial charge in [-0.25, -0.2) is 8.42 Å². The minimum Gasteiger partial charge on any atom is -0.497 e. The Labute approximate surface area is 108 Å². The van der Waals surface area contributed by atoms with Gasteiger partial charge in [-0.3, -0.25) is 0 Å². The topological polar surface area (TPSA) is 69.4 Å². The van der Waals surface area contributed by atoms with Gasteiger partial charge < -0.3 is 10.5 Å². The van der Waals surface area contributed by atoms with Crippen molar-refractivity contribution in [1.29, 1.82) is 0 Å². The number of nitrogens with two attached hydrogens (primary N) is 1. The number of rotatable bonds is 5. The average molecular weight is 280 g/mol. The molecular weight excluding hydrogens is 262 g/mol. The van der Waals surface area contributed by atoms with Gasteiger partial charge in [0.2, 0.25) is 0 Å². The minimum absolute atomic E-state index is 0. The van der Waals surface area contributed by atoms with Gasteiger partial charge in [-0.05, 0) is 24.5 Å². The summed E-state index contributed by atoms with van der Waals surface area (Å²) in [6, 6.07) is 5.44. The zero-order valence-electron chi connectivity index (χ0n) is 9.97. The molecule has 0 bridgehead atoms. The highest BCUT2D eigenvalue weighted by molar-refractivity contribution is 7.90. The summed E-state index contributed by atoms with van der Waals surface area (Å²) >= 11 is 0. The first-order chi connectivity index (χ1) is 7.42. The summed E-state index contributed by atoms with van der Waals surface area (Å²) in [6.45, 7) is 0. The number of methoxy groups -OCH3 is 1. The molecule has 0 aliphatic heterocycles. The lowest BCUT2D eigenvalue weighted by molar-refractivity contribution is 0.415. The summed E-state index contributed by atoms with van der Waals surface area (Å²) in [7, 11) is -1.30. The maximum Gasteiger partial charge on any atom is 0.147 e. The van der Waals surface area contributed by atoms with E-state index in [1.807, 2.05) is 12.1 Å². The number of benzene rings is 1. The second kappa shape index (κ2) is 6.71. The van der Waals surface area contributed by atoms with Crippen LogP contribution in [0.4, 0.5) is 5.69 Å². The predicted octanol–water partition coefficient (Wildman–Crippen LogP) is 1.68. The number of anilines is 1. The second-order valence-corrected chi connectivity index (χ2v) is 6.06. The molecule has 17 heavy (non-hydrogen) atoms. The van der Waals surface area contributed by atoms with Crippen molar-refractivity contribution in [1.82, 2.24) is 0 Å². The van der Waals surface area contributed by atoms with Gasteiger partial charge in [0, 0.05) is 18.0 Å². The van der Waals surface area contributed by atoms with E-state index in [0.717, 1.165) is 5.56 Å². The lowest BCUT2D eigenvalue weighted by Crippen LogP contribution is -2.05. The molecule has 0 fully saturated rings. The average Bonchev–Trinajstić information content (AvgIpc) is 2.18. The van der Waals surface area contributed by atoms with Crippen molar-refractivity contribution >= 4 is 27.9 Å². The standard InChI is InChI=1S/C11H17NO3S.ClH/c1-15-10-6-5-9(11(12)8-10)4-3-7-16(2,13)14;/h5-6,8H,3-4,7,12H2,1-2H3;1H. The number of aryl methyl sites for hydroxylation is 1. The summed E-state index contributed by atoms with van der Waals surface area (Å²) in [5, 5.41) is 0. The van der Waals surface area contributed by atoms with Gasteiger partial charge in [-0.15, -0.1) is 12.4 Å². The van der Waals surface area contributed by atoms with Crippen molar-refractivity contribution in [2.45, 2.75) is 12.8 Å². The summed E-state index contributed by atoms with van der Waals surface area (Å²) in [5.41, 5.74) is 7.43. The first kappa shape index (κ1) is 16.1. The molecule has 0 amide bonds. The van der Waals surface area contributed by atoms with E-state index in [1.54, 1.807) is 13.2 Å². The Hall–Kier alpha value is -0.940. The van der Waals surface area contributed by atoms with Crippen molar-refractivity contribution < 1.29 is 13.2 Å². The zero-order chi connectivity index (χ0) is 12.2. The fourth-order valence-electron chi connectivity index (χ4n) is 1.45. The van der Waals surface area contributed by atoms with Crippen LogP contribution in [0.1, 0.15) is 12.0 Å². The van der Waals surface area contributed by atoms with Gasteiger partial charge >= 0.3 is 0 Å². The summed E-state index contributed by atoms with van der Waals surface area (Å²) < 4.78 is 26.9. The summed E-state index contributed by atoms with van der Waals surface area (Å²) in [4.78, 5) is 0. The zero-order valence-corrected chi connectivity index (χ0v) is 11.6. The van der Waals surface area contributed by atoms with Gasteiger partial charge in [-0.2, -0.15) is 0 Å². The van der Waals surface area contributed by atoms with Crippen LogP contribution in [0.15, 0.2) is 18.2 Å². The van der Waals surface area contributed by atoms with Crippen LogP contribution in [0, 0.1) is 0 Å². The highest BCUT2D eigenvalue weighted by Crippen LogP contribution is 2.20. The molecule has 98 valence electrons. The molecule has 0 atom stereocenters. The molecule has 0 saturated carbocycles. The monoisotopic (exact) mass is 279 g/mol. The normalized spacial score (nSPS) is 10.7. The molecule has 2 N–H and O–H groups in total. The summed E-state index contributed by atoms with van der Waals surface area (Å²) in [5.74, 6) is 0.905. The van der Waals surface area contributed by atoms with Gasteiger partial charge in [-0.1, -0.05) is 6.07 Å². The van der Waals surface area contributed by atoms with Crippen LogP contribution >= 0.6 is 12.4 Å². The Balaban J connectivity index is 0.00000256. The smallest absolute Gasteiger partial charge is 0.147 e. The fraction of sp³-hybridized carbons (Fsp3) is 0.455. The molecule has 0 spiro atoms. The van der Waals surface area contributed by atoms with Crippen molar-refractivity contribution in [3.8, 4) is 5.75 Å². The molecule has 0 saturated heterocycles. The number of nitrogen functional groups attached to an aromatic ring is 1. The highest BCUT2D eigenvalue weighted by atomic mass is 35.5. The second-order valence-electron chi connectivity index (χ2n) is 3.80. The molecular formula is C11H18ClNO3S. The Morgan fingerprint density at radius 2 is 2.00 bits per heavy atom. The van der Waals surface area contributed by atoms with Crippen LogP contribution in [0.5, 0.6) is 5.75 Å². The van der Waals surface area contributed by atoms with E-state index in [1.165, 1.54) is 6.26 Å². The maximum atomic E-state index is 11.0. The first-order valence-electron chi connectivity index (χ1n) is 5.02. The Kier molecular flexibility index (Phi) is 6.34. The van der Waals surface area contributed by atoms with Crippen LogP contribution < -0.4 is 10.5 Å². The van der Waals surface area contributed by atoms with E-state index < -0.39 is 9.84 Å². The molecule has 0 aliphatic carbocycles. The maximum absolute atomic E-state index is 11.0. The predicted molar refractivity (Wildman–Crippen MR) is 72.7 cm³/mol. The van der Waals surface area contributed by atoms with Crippen LogP contribution in [0.25, 0.3) is 0 Å². The van der Waals surface area contributed by atoms with Crippen molar-refractivity contribution in [3.05, 3.63) is 23.8 Å². The molecule has 1 aromatic carbocycles. The van der Waals surface area contributed by atoms with Crippen molar-refractivity contribution in [2.24, 2.45) is 0 Å². The quantitative estimate of drug-likeness (QED) is 0.833. The van der Waals surface area contributed by atoms with Gasteiger partial charge in [0.1, 0.15) is 15.6 Å². The minimum atomic E-state index is -2.89. The van der Waals surface area contributed by atoms with Crippen LogP contribution in [0.3, 0.4) is 0 Å².